The van der Waals surface area contributed by atoms with Gasteiger partial charge in [-0.2, -0.15) is 0 Å². The van der Waals surface area contributed by atoms with E-state index in [2.05, 4.69) is 5.32 Å². The van der Waals surface area contributed by atoms with Gasteiger partial charge in [-0.25, -0.2) is 0 Å². The molecular weight excluding hydrogens is 486 g/mol. The summed E-state index contributed by atoms with van der Waals surface area (Å²) in [6, 6.07) is 24.0. The minimum atomic E-state index is -0.910. The molecule has 1 aliphatic rings. The molecule has 1 radical (unpaired) electrons. The fourth-order valence-electron chi connectivity index (χ4n) is 4.95. The third-order valence-corrected chi connectivity index (χ3v) is 7.09. The number of hydrogen-bond acceptors (Lipinski definition) is 3. The Morgan fingerprint density at radius 2 is 1.74 bits per heavy atom. The van der Waals surface area contributed by atoms with Gasteiger partial charge >= 0.3 is 230 Å². The first-order chi connectivity index (χ1) is 18.9. The van der Waals surface area contributed by atoms with Crippen LogP contribution in [0.4, 0.5) is 4.39 Å². The minimum absolute atomic E-state index is 0.0442. The Morgan fingerprint density at radius 3 is 2.46 bits per heavy atom. The van der Waals surface area contributed by atoms with Crippen LogP contribution in [0.25, 0.3) is 28.1 Å². The number of allylic oxidation sites excluding steroid dienone is 1. The van der Waals surface area contributed by atoms with Crippen LogP contribution in [-0.4, -0.2) is 35.1 Å². The molecule has 1 fully saturated rings. The Labute approximate surface area is 229 Å². The fourth-order valence-corrected chi connectivity index (χ4v) is 4.95. The van der Waals surface area contributed by atoms with E-state index < -0.39 is 6.10 Å². The van der Waals surface area contributed by atoms with Crippen LogP contribution >= 0.6 is 0 Å². The predicted molar refractivity (Wildman–Crippen MR) is 157 cm³/mol. The molecule has 1 aromatic heterocycles. The zero-order valence-electron chi connectivity index (χ0n) is 22.0. The first kappa shape index (κ1) is 26.7. The molecule has 0 unspecified atom stereocenters. The molecule has 2 N–H and O–H groups in total. The summed E-state index contributed by atoms with van der Waals surface area (Å²) in [5, 5.41) is 14.5. The second-order valence-electron chi connectivity index (χ2n) is 10.3. The van der Waals surface area contributed by atoms with Gasteiger partial charge in [0.15, 0.2) is 0 Å². The molecule has 2 atom stereocenters. The van der Waals surface area contributed by atoms with E-state index in [0.29, 0.717) is 11.4 Å². The van der Waals surface area contributed by atoms with Crippen molar-refractivity contribution in [3.05, 3.63) is 108 Å². The van der Waals surface area contributed by atoms with E-state index in [-0.39, 0.29) is 30.6 Å². The summed E-state index contributed by atoms with van der Waals surface area (Å²) < 4.78 is 13.8. The maximum absolute atomic E-state index is 13.8. The van der Waals surface area contributed by atoms with E-state index in [1.165, 1.54) is 12.1 Å². The van der Waals surface area contributed by atoms with E-state index in [1.807, 2.05) is 67.6 Å². The number of benzene rings is 3. The predicted octanol–water partition coefficient (Wildman–Crippen LogP) is 6.29. The third kappa shape index (κ3) is 6.58. The number of aliphatic hydroxyl groups is 1. The van der Waals surface area contributed by atoms with Gasteiger partial charge in [0, 0.05) is 0 Å². The molecule has 39 heavy (non-hydrogen) atoms. The van der Waals surface area contributed by atoms with Crippen molar-refractivity contribution in [3.63, 3.8) is 0 Å². The van der Waals surface area contributed by atoms with Crippen LogP contribution in [0, 0.1) is 5.82 Å². The molecule has 0 aliphatic heterocycles. The van der Waals surface area contributed by atoms with Gasteiger partial charge in [0.25, 0.3) is 0 Å². The number of aromatic nitrogens is 1. The number of nitrogens with one attached hydrogen (secondary N) is 1. The van der Waals surface area contributed by atoms with Gasteiger partial charge in [0.05, 0.1) is 0 Å². The summed E-state index contributed by atoms with van der Waals surface area (Å²) >= 11 is 0. The molecular formula is C33H31BFN2O2. The zero-order chi connectivity index (χ0) is 27.4. The fraction of sp³-hybridized carbons (Fsp3) is 0.242. The van der Waals surface area contributed by atoms with E-state index in [0.717, 1.165) is 51.7 Å². The SMILES string of the molecule is [B]=C(/C=C/c1c(C2CC2)nc2ccccc2c1-c1ccc(F)cc1)C[C@@H](O)CC(=O)N[C@@H](C)c1ccccc1. The molecule has 6 heteroatoms. The second-order valence-corrected chi connectivity index (χ2v) is 10.3. The monoisotopic (exact) mass is 517 g/mol. The normalized spacial score (nSPS) is 14.8. The molecule has 1 amide bonds. The number of carbonyl (C=O) groups excluding carboxylic acids is 1. The summed E-state index contributed by atoms with van der Waals surface area (Å²) in [4.78, 5) is 17.5. The van der Waals surface area contributed by atoms with Crippen molar-refractivity contribution >= 4 is 35.8 Å². The summed E-state index contributed by atoms with van der Waals surface area (Å²) in [6.45, 7) is 1.91. The molecule has 1 saturated carbocycles. The van der Waals surface area contributed by atoms with Crippen molar-refractivity contribution in [2.75, 3.05) is 0 Å². The van der Waals surface area contributed by atoms with Crippen molar-refractivity contribution in [2.24, 2.45) is 0 Å². The van der Waals surface area contributed by atoms with Crippen LogP contribution in [-0.2, 0) is 4.79 Å². The number of rotatable bonds is 10. The van der Waals surface area contributed by atoms with Crippen LogP contribution < -0.4 is 5.32 Å². The van der Waals surface area contributed by atoms with Crippen LogP contribution in [0.1, 0.15) is 61.4 Å². The third-order valence-electron chi connectivity index (χ3n) is 7.09. The number of carbonyl (C=O) groups is 1. The molecule has 195 valence electrons. The van der Waals surface area contributed by atoms with Gasteiger partial charge in [0.2, 0.25) is 0 Å². The van der Waals surface area contributed by atoms with Crippen LogP contribution in [0.15, 0.2) is 84.9 Å². The van der Waals surface area contributed by atoms with Crippen LogP contribution in [0.2, 0.25) is 0 Å². The first-order valence-corrected chi connectivity index (χ1v) is 13.4. The van der Waals surface area contributed by atoms with Crippen molar-refractivity contribution < 1.29 is 14.3 Å². The number of hydrogen-bond donors (Lipinski definition) is 2. The van der Waals surface area contributed by atoms with Crippen molar-refractivity contribution in [1.29, 1.82) is 0 Å². The molecule has 0 spiro atoms. The molecule has 3 aromatic carbocycles. The van der Waals surface area contributed by atoms with E-state index in [1.54, 1.807) is 18.2 Å². The summed E-state index contributed by atoms with van der Waals surface area (Å²) in [5.41, 5.74) is 6.22. The Balaban J connectivity index is 1.35. The molecule has 1 heterocycles. The molecule has 0 saturated heterocycles. The van der Waals surface area contributed by atoms with Gasteiger partial charge in [-0.3, -0.25) is 0 Å². The van der Waals surface area contributed by atoms with Gasteiger partial charge in [0.1, 0.15) is 0 Å². The molecule has 1 aliphatic carbocycles. The van der Waals surface area contributed by atoms with Gasteiger partial charge in [-0.05, 0) is 0 Å². The molecule has 4 nitrogen and oxygen atoms in total. The van der Waals surface area contributed by atoms with Crippen molar-refractivity contribution in [3.8, 4) is 11.1 Å². The number of aliphatic hydroxyl groups excluding tert-OH is 1. The molecule has 0 bridgehead atoms. The van der Waals surface area contributed by atoms with Gasteiger partial charge < -0.3 is 0 Å². The zero-order valence-corrected chi connectivity index (χ0v) is 22.0. The average Bonchev–Trinajstić information content (AvgIpc) is 3.77. The number of nitrogens with zero attached hydrogens (tertiary/aromatic N) is 1. The second kappa shape index (κ2) is 11.9. The van der Waals surface area contributed by atoms with Gasteiger partial charge in [-0.15, -0.1) is 0 Å². The molecule has 4 aromatic rings. The van der Waals surface area contributed by atoms with E-state index in [4.69, 9.17) is 12.5 Å². The van der Waals surface area contributed by atoms with Crippen molar-refractivity contribution in [1.82, 2.24) is 10.3 Å². The van der Waals surface area contributed by atoms with Crippen LogP contribution in [0.5, 0.6) is 0 Å². The quantitative estimate of drug-likeness (QED) is 0.243. The molecule has 5 rings (SSSR count). The standard InChI is InChI=1S/C33H31BFN2O2/c1-21(22-7-3-2-4-8-22)36-31(39)20-27(38)19-25(34)15-18-29-32(23-13-16-26(35)17-14-23)28-9-5-6-10-30(28)37-33(29)24-11-12-24/h2-10,13-18,21,24,27,38H,11-12,19-20H2,1H3,(H,36,39)/b18-15+/t21-,27+/m0/s1. The number of pyridine rings is 1. The Morgan fingerprint density at radius 1 is 1.05 bits per heavy atom. The number of amides is 1. The van der Waals surface area contributed by atoms with Crippen LogP contribution in [0.3, 0.4) is 0 Å². The summed E-state index contributed by atoms with van der Waals surface area (Å²) in [5.74, 6) is -0.148. The van der Waals surface area contributed by atoms with E-state index >= 15 is 0 Å². The summed E-state index contributed by atoms with van der Waals surface area (Å²) in [7, 11) is 6.32. The van der Waals surface area contributed by atoms with E-state index in [9.17, 15) is 14.3 Å². The Kier molecular flexibility index (Phi) is 8.13. The Hall–Kier alpha value is -3.90. The summed E-state index contributed by atoms with van der Waals surface area (Å²) in [6.07, 6.45) is 5.09. The number of halogens is 1. The number of fused-ring (bicyclic) bond motifs is 1. The maximum atomic E-state index is 13.8. The Bertz CT molecular complexity index is 1510. The van der Waals surface area contributed by atoms with Gasteiger partial charge in [-0.1, -0.05) is 0 Å². The average molecular weight is 517 g/mol. The topological polar surface area (TPSA) is 62.2 Å². The number of para-hydroxylation sites is 1. The van der Waals surface area contributed by atoms with Crippen molar-refractivity contribution in [2.45, 2.75) is 50.7 Å². The first-order valence-electron chi connectivity index (χ1n) is 13.4.